The minimum Gasteiger partial charge on any atom is -0.352 e. The van der Waals surface area contributed by atoms with E-state index < -0.39 is 10.0 Å². The van der Waals surface area contributed by atoms with E-state index in [1.807, 2.05) is 12.1 Å². The summed E-state index contributed by atoms with van der Waals surface area (Å²) < 4.78 is 25.2. The van der Waals surface area contributed by atoms with E-state index in [-0.39, 0.29) is 25.4 Å². The lowest BCUT2D eigenvalue weighted by Crippen LogP contribution is -2.34. The molecule has 0 aliphatic heterocycles. The Morgan fingerprint density at radius 1 is 1.12 bits per heavy atom. The van der Waals surface area contributed by atoms with Gasteiger partial charge in [0.1, 0.15) is 0 Å². The lowest BCUT2D eigenvalue weighted by Gasteiger charge is -2.20. The van der Waals surface area contributed by atoms with Gasteiger partial charge < -0.3 is 5.32 Å². The number of nitrogens with one attached hydrogen (secondary N) is 1. The number of carbonyl (C=O) groups is 1. The molecule has 6 nitrogen and oxygen atoms in total. The Hall–Kier alpha value is -1.96. The lowest BCUT2D eigenvalue weighted by atomic mass is 10.2. The van der Waals surface area contributed by atoms with Gasteiger partial charge in [-0.1, -0.05) is 23.7 Å². The van der Waals surface area contributed by atoms with Crippen molar-refractivity contribution in [1.29, 1.82) is 0 Å². The van der Waals surface area contributed by atoms with E-state index in [4.69, 9.17) is 11.6 Å². The molecule has 1 aromatic heterocycles. The van der Waals surface area contributed by atoms with E-state index in [9.17, 15) is 13.2 Å². The van der Waals surface area contributed by atoms with Crippen LogP contribution in [0, 0.1) is 0 Å². The SMILES string of the molecule is CS(=O)(=O)N(CCC(=O)NCc1ccncc1)Cc1ccc(Cl)cc1. The first kappa shape index (κ1) is 19.4. The molecule has 8 heteroatoms. The van der Waals surface area contributed by atoms with Gasteiger partial charge in [0, 0.05) is 43.5 Å². The fourth-order valence-electron chi connectivity index (χ4n) is 2.17. The first-order valence-electron chi connectivity index (χ1n) is 7.70. The van der Waals surface area contributed by atoms with Crippen molar-refractivity contribution in [3.05, 3.63) is 64.9 Å². The Labute approximate surface area is 152 Å². The molecule has 0 spiro atoms. The number of amides is 1. The number of hydrogen-bond donors (Lipinski definition) is 1. The molecule has 25 heavy (non-hydrogen) atoms. The van der Waals surface area contributed by atoms with Crippen LogP contribution in [0.2, 0.25) is 5.02 Å². The predicted molar refractivity (Wildman–Crippen MR) is 97.4 cm³/mol. The second-order valence-electron chi connectivity index (χ2n) is 5.61. The monoisotopic (exact) mass is 381 g/mol. The summed E-state index contributed by atoms with van der Waals surface area (Å²) in [7, 11) is -3.42. The van der Waals surface area contributed by atoms with Crippen molar-refractivity contribution in [3.8, 4) is 0 Å². The van der Waals surface area contributed by atoms with Crippen molar-refractivity contribution in [2.45, 2.75) is 19.5 Å². The highest BCUT2D eigenvalue weighted by molar-refractivity contribution is 7.88. The van der Waals surface area contributed by atoms with E-state index in [2.05, 4.69) is 10.3 Å². The quantitative estimate of drug-likeness (QED) is 0.760. The topological polar surface area (TPSA) is 79.4 Å². The Morgan fingerprint density at radius 3 is 2.36 bits per heavy atom. The number of aromatic nitrogens is 1. The van der Waals surface area contributed by atoms with E-state index in [1.165, 1.54) is 4.31 Å². The van der Waals surface area contributed by atoms with Gasteiger partial charge >= 0.3 is 0 Å². The summed E-state index contributed by atoms with van der Waals surface area (Å²) in [6.07, 6.45) is 4.53. The van der Waals surface area contributed by atoms with E-state index in [1.54, 1.807) is 36.7 Å². The van der Waals surface area contributed by atoms with E-state index in [0.29, 0.717) is 11.6 Å². The van der Waals surface area contributed by atoms with Gasteiger partial charge in [-0.25, -0.2) is 8.42 Å². The average Bonchev–Trinajstić information content (AvgIpc) is 2.58. The number of rotatable bonds is 8. The average molecular weight is 382 g/mol. The Bertz CT molecular complexity index is 796. The van der Waals surface area contributed by atoms with Crippen molar-refractivity contribution < 1.29 is 13.2 Å². The number of carbonyl (C=O) groups excluding carboxylic acids is 1. The zero-order valence-electron chi connectivity index (χ0n) is 13.9. The van der Waals surface area contributed by atoms with Crippen LogP contribution in [-0.4, -0.2) is 36.4 Å². The number of halogens is 1. The van der Waals surface area contributed by atoms with Crippen LogP contribution in [0.3, 0.4) is 0 Å². The predicted octanol–water partition coefficient (Wildman–Crippen LogP) is 2.20. The lowest BCUT2D eigenvalue weighted by molar-refractivity contribution is -0.121. The van der Waals surface area contributed by atoms with Crippen molar-refractivity contribution >= 4 is 27.5 Å². The van der Waals surface area contributed by atoms with E-state index in [0.717, 1.165) is 17.4 Å². The normalized spacial score (nSPS) is 11.5. The van der Waals surface area contributed by atoms with Crippen LogP contribution >= 0.6 is 11.6 Å². The van der Waals surface area contributed by atoms with Crippen molar-refractivity contribution in [2.75, 3.05) is 12.8 Å². The molecule has 0 unspecified atom stereocenters. The van der Waals surface area contributed by atoms with Gasteiger partial charge in [-0.15, -0.1) is 0 Å². The molecule has 0 radical (unpaired) electrons. The number of benzene rings is 1. The number of sulfonamides is 1. The fourth-order valence-corrected chi connectivity index (χ4v) is 3.10. The van der Waals surface area contributed by atoms with Gasteiger partial charge in [-0.2, -0.15) is 4.31 Å². The number of pyridine rings is 1. The summed E-state index contributed by atoms with van der Waals surface area (Å²) in [4.78, 5) is 15.9. The van der Waals surface area contributed by atoms with Gasteiger partial charge in [-0.05, 0) is 35.4 Å². The third kappa shape index (κ3) is 6.81. The number of hydrogen-bond acceptors (Lipinski definition) is 4. The first-order valence-corrected chi connectivity index (χ1v) is 9.92. The second kappa shape index (κ2) is 8.94. The van der Waals surface area contributed by atoms with Gasteiger partial charge in [0.05, 0.1) is 6.26 Å². The highest BCUT2D eigenvalue weighted by Gasteiger charge is 2.18. The minimum atomic E-state index is -3.42. The molecule has 0 aliphatic carbocycles. The maximum absolute atomic E-state index is 12.0. The van der Waals surface area contributed by atoms with Crippen LogP contribution in [-0.2, 0) is 27.9 Å². The van der Waals surface area contributed by atoms with Crippen LogP contribution in [0.4, 0.5) is 0 Å². The van der Waals surface area contributed by atoms with Crippen molar-refractivity contribution in [3.63, 3.8) is 0 Å². The first-order chi connectivity index (χ1) is 11.8. The van der Waals surface area contributed by atoms with Gasteiger partial charge in [-0.3, -0.25) is 9.78 Å². The molecule has 0 aliphatic rings. The Kier molecular flexibility index (Phi) is 6.92. The van der Waals surface area contributed by atoms with Crippen LogP contribution in [0.25, 0.3) is 0 Å². The standard InChI is InChI=1S/C17H20ClN3O3S/c1-25(23,24)21(13-15-2-4-16(18)5-3-15)11-8-17(22)20-12-14-6-9-19-10-7-14/h2-7,9-10H,8,11-13H2,1H3,(H,20,22). The summed E-state index contributed by atoms with van der Waals surface area (Å²) in [5.74, 6) is -0.207. The highest BCUT2D eigenvalue weighted by atomic mass is 35.5. The van der Waals surface area contributed by atoms with Crippen molar-refractivity contribution in [2.24, 2.45) is 0 Å². The van der Waals surface area contributed by atoms with Gasteiger partial charge in [0.25, 0.3) is 0 Å². The zero-order chi connectivity index (χ0) is 18.3. The molecule has 1 amide bonds. The van der Waals surface area contributed by atoms with Crippen molar-refractivity contribution in [1.82, 2.24) is 14.6 Å². The fraction of sp³-hybridized carbons (Fsp3) is 0.294. The van der Waals surface area contributed by atoms with Crippen LogP contribution in [0.1, 0.15) is 17.5 Å². The maximum Gasteiger partial charge on any atom is 0.221 e. The highest BCUT2D eigenvalue weighted by Crippen LogP contribution is 2.13. The molecular formula is C17H20ClN3O3S. The summed E-state index contributed by atoms with van der Waals surface area (Å²) >= 11 is 5.84. The Morgan fingerprint density at radius 2 is 1.76 bits per heavy atom. The molecule has 134 valence electrons. The summed E-state index contributed by atoms with van der Waals surface area (Å²) in [5, 5.41) is 3.36. The molecule has 2 aromatic rings. The second-order valence-corrected chi connectivity index (χ2v) is 8.02. The third-order valence-electron chi connectivity index (χ3n) is 3.57. The summed E-state index contributed by atoms with van der Waals surface area (Å²) in [5.41, 5.74) is 1.75. The molecule has 0 saturated heterocycles. The third-order valence-corrected chi connectivity index (χ3v) is 5.07. The largest absolute Gasteiger partial charge is 0.352 e. The Balaban J connectivity index is 1.89. The van der Waals surface area contributed by atoms with Gasteiger partial charge in [0.15, 0.2) is 0 Å². The molecule has 0 bridgehead atoms. The zero-order valence-corrected chi connectivity index (χ0v) is 15.4. The smallest absolute Gasteiger partial charge is 0.221 e. The molecular weight excluding hydrogens is 362 g/mol. The summed E-state index contributed by atoms with van der Waals surface area (Å²) in [6.45, 7) is 0.703. The van der Waals surface area contributed by atoms with E-state index >= 15 is 0 Å². The molecule has 1 N–H and O–H groups in total. The molecule has 0 saturated carbocycles. The molecule has 0 atom stereocenters. The molecule has 2 rings (SSSR count). The van der Waals surface area contributed by atoms with Crippen LogP contribution in [0.15, 0.2) is 48.8 Å². The molecule has 1 heterocycles. The molecule has 1 aromatic carbocycles. The molecule has 0 fully saturated rings. The van der Waals surface area contributed by atoms with Crippen LogP contribution < -0.4 is 5.32 Å². The summed E-state index contributed by atoms with van der Waals surface area (Å²) in [6, 6.07) is 10.6. The number of nitrogens with zero attached hydrogens (tertiary/aromatic N) is 2. The van der Waals surface area contributed by atoms with Gasteiger partial charge in [0.2, 0.25) is 15.9 Å². The minimum absolute atomic E-state index is 0.0890. The maximum atomic E-state index is 12.0. The van der Waals surface area contributed by atoms with Crippen LogP contribution in [0.5, 0.6) is 0 Å².